The van der Waals surface area contributed by atoms with Crippen LogP contribution in [0.5, 0.6) is 0 Å². The second kappa shape index (κ2) is 4.37. The van der Waals surface area contributed by atoms with Gasteiger partial charge < -0.3 is 5.11 Å². The fraction of sp³-hybridized carbons (Fsp3) is 0.600. The van der Waals surface area contributed by atoms with Crippen LogP contribution in [0.4, 0.5) is 0 Å². The van der Waals surface area contributed by atoms with Crippen LogP contribution in [-0.4, -0.2) is 10.7 Å². The third-order valence-corrected chi connectivity index (χ3v) is 7.03. The van der Waals surface area contributed by atoms with E-state index in [1.165, 1.54) is 19.3 Å². The zero-order chi connectivity index (χ0) is 14.7. The summed E-state index contributed by atoms with van der Waals surface area (Å²) in [6, 6.07) is 8.98. The zero-order valence-electron chi connectivity index (χ0n) is 12.8. The van der Waals surface area contributed by atoms with Crippen molar-refractivity contribution in [3.63, 3.8) is 0 Å². The van der Waals surface area contributed by atoms with Crippen LogP contribution in [0.1, 0.15) is 56.1 Å². The lowest BCUT2D eigenvalue weighted by Gasteiger charge is -2.52. The summed E-state index contributed by atoms with van der Waals surface area (Å²) in [5, 5.41) is 10.9. The summed E-state index contributed by atoms with van der Waals surface area (Å²) in [6.45, 7) is 2.25. The number of benzene rings is 1. The molecule has 0 bridgehead atoms. The van der Waals surface area contributed by atoms with Crippen LogP contribution in [-0.2, 0) is 6.42 Å². The van der Waals surface area contributed by atoms with Gasteiger partial charge in [0.05, 0.1) is 0 Å². The first-order valence-corrected chi connectivity index (χ1v) is 8.37. The Morgan fingerprint density at radius 1 is 1.19 bits per heavy atom. The van der Waals surface area contributed by atoms with Crippen molar-refractivity contribution in [2.24, 2.45) is 17.3 Å². The van der Waals surface area contributed by atoms with E-state index in [4.69, 9.17) is 6.42 Å². The Balaban J connectivity index is 1.73. The maximum Gasteiger partial charge on any atom is 0.130 e. The van der Waals surface area contributed by atoms with Crippen LogP contribution in [0.2, 0.25) is 0 Å². The molecule has 0 saturated heterocycles. The fourth-order valence-corrected chi connectivity index (χ4v) is 5.78. The molecule has 1 aromatic carbocycles. The van der Waals surface area contributed by atoms with Gasteiger partial charge in [-0.25, -0.2) is 0 Å². The van der Waals surface area contributed by atoms with E-state index in [-0.39, 0.29) is 5.41 Å². The number of aliphatic hydroxyl groups is 1. The van der Waals surface area contributed by atoms with E-state index in [9.17, 15) is 5.11 Å². The molecule has 2 fully saturated rings. The van der Waals surface area contributed by atoms with Crippen LogP contribution in [0.25, 0.3) is 0 Å². The van der Waals surface area contributed by atoms with Gasteiger partial charge in [-0.2, -0.15) is 0 Å². The van der Waals surface area contributed by atoms with E-state index in [0.717, 1.165) is 19.3 Å². The minimum atomic E-state index is -0.875. The van der Waals surface area contributed by atoms with Crippen molar-refractivity contribution in [2.75, 3.05) is 0 Å². The van der Waals surface area contributed by atoms with Crippen LogP contribution in [0, 0.1) is 29.6 Å². The lowest BCUT2D eigenvalue weighted by molar-refractivity contribution is -0.0646. The molecular formula is C20H24O. The smallest absolute Gasteiger partial charge is 0.130 e. The van der Waals surface area contributed by atoms with Gasteiger partial charge in [-0.05, 0) is 67.4 Å². The maximum atomic E-state index is 10.9. The van der Waals surface area contributed by atoms with Gasteiger partial charge in [-0.15, -0.1) is 6.42 Å². The minimum absolute atomic E-state index is 0.0742. The van der Waals surface area contributed by atoms with Gasteiger partial charge in [-0.1, -0.05) is 37.1 Å². The van der Waals surface area contributed by atoms with Crippen molar-refractivity contribution in [3.05, 3.63) is 35.4 Å². The molecule has 0 radical (unpaired) electrons. The summed E-state index contributed by atoms with van der Waals surface area (Å²) in [6.07, 6.45) is 12.3. The number of rotatable bonds is 0. The highest BCUT2D eigenvalue weighted by Gasteiger charge is 2.60. The number of hydrogen-bond donors (Lipinski definition) is 1. The van der Waals surface area contributed by atoms with Gasteiger partial charge in [0.25, 0.3) is 0 Å². The van der Waals surface area contributed by atoms with E-state index in [0.29, 0.717) is 17.8 Å². The monoisotopic (exact) mass is 280 g/mol. The molecule has 0 unspecified atom stereocenters. The lowest BCUT2D eigenvalue weighted by Crippen LogP contribution is -2.50. The molecule has 1 heteroatoms. The summed E-state index contributed by atoms with van der Waals surface area (Å²) in [5.41, 5.74) is 2.17. The Morgan fingerprint density at radius 2 is 2.00 bits per heavy atom. The normalized spacial score (nSPS) is 44.3. The number of hydrogen-bond acceptors (Lipinski definition) is 1. The second-order valence-electron chi connectivity index (χ2n) is 7.61. The summed E-state index contributed by atoms with van der Waals surface area (Å²) in [5.74, 6) is 4.74. The van der Waals surface area contributed by atoms with E-state index in [1.807, 2.05) is 0 Å². The molecule has 1 aromatic rings. The molecule has 0 aromatic heterocycles. The molecule has 3 aliphatic carbocycles. The van der Waals surface area contributed by atoms with E-state index >= 15 is 0 Å². The van der Waals surface area contributed by atoms with Gasteiger partial charge in [0.2, 0.25) is 0 Å². The standard InChI is InChI=1S/C20H24O/c1-3-20(21)13-11-18-17-9-8-14-6-4-5-7-15(14)16(17)10-12-19(18,20)2/h1,4-7,16-18,21H,8-13H2,2H3/t16-,17+,18+,19+,20-/m1/s1. The SMILES string of the molecule is C#C[C@@]1(O)CC[C@H]2[C@H]3CCc4ccccc4[C@H]3CC[C@@]21C. The molecule has 5 atom stereocenters. The van der Waals surface area contributed by atoms with E-state index in [1.54, 1.807) is 11.1 Å². The first-order valence-electron chi connectivity index (χ1n) is 8.37. The summed E-state index contributed by atoms with van der Waals surface area (Å²) in [7, 11) is 0. The molecule has 1 N–H and O–H groups in total. The van der Waals surface area contributed by atoms with Crippen LogP contribution >= 0.6 is 0 Å². The van der Waals surface area contributed by atoms with Crippen LogP contribution in [0.3, 0.4) is 0 Å². The number of terminal acetylenes is 1. The zero-order valence-corrected chi connectivity index (χ0v) is 12.8. The molecule has 21 heavy (non-hydrogen) atoms. The van der Waals surface area contributed by atoms with Gasteiger partial charge in [0.1, 0.15) is 5.60 Å². The lowest BCUT2D eigenvalue weighted by atomic mass is 9.53. The van der Waals surface area contributed by atoms with Crippen molar-refractivity contribution >= 4 is 0 Å². The van der Waals surface area contributed by atoms with Crippen molar-refractivity contribution < 1.29 is 5.11 Å². The average Bonchev–Trinajstić information content (AvgIpc) is 2.79. The Labute approximate surface area is 127 Å². The Bertz CT molecular complexity index is 613. The van der Waals surface area contributed by atoms with E-state index in [2.05, 4.69) is 37.1 Å². The van der Waals surface area contributed by atoms with Gasteiger partial charge in [0.15, 0.2) is 0 Å². The fourth-order valence-electron chi connectivity index (χ4n) is 5.78. The predicted molar refractivity (Wildman–Crippen MR) is 84.8 cm³/mol. The largest absolute Gasteiger partial charge is 0.377 e. The summed E-state index contributed by atoms with van der Waals surface area (Å²) < 4.78 is 0. The first-order chi connectivity index (χ1) is 10.1. The number of fused-ring (bicyclic) bond motifs is 5. The second-order valence-corrected chi connectivity index (χ2v) is 7.61. The molecule has 4 rings (SSSR count). The van der Waals surface area contributed by atoms with Crippen molar-refractivity contribution in [2.45, 2.75) is 57.0 Å². The molecule has 110 valence electrons. The van der Waals surface area contributed by atoms with Crippen molar-refractivity contribution in [1.29, 1.82) is 0 Å². The minimum Gasteiger partial charge on any atom is -0.377 e. The van der Waals surface area contributed by atoms with Crippen LogP contribution in [0.15, 0.2) is 24.3 Å². The first kappa shape index (κ1) is 13.4. The molecule has 0 aliphatic heterocycles. The molecule has 1 nitrogen and oxygen atoms in total. The quantitative estimate of drug-likeness (QED) is 0.714. The molecule has 0 spiro atoms. The average molecular weight is 280 g/mol. The summed E-state index contributed by atoms with van der Waals surface area (Å²) >= 11 is 0. The third-order valence-electron chi connectivity index (χ3n) is 7.03. The highest BCUT2D eigenvalue weighted by Crippen LogP contribution is 2.63. The summed E-state index contributed by atoms with van der Waals surface area (Å²) in [4.78, 5) is 0. The van der Waals surface area contributed by atoms with Crippen LogP contribution < -0.4 is 0 Å². The molecular weight excluding hydrogens is 256 g/mol. The third kappa shape index (κ3) is 1.63. The number of aryl methyl sites for hydroxylation is 1. The van der Waals surface area contributed by atoms with Gasteiger partial charge in [0, 0.05) is 5.41 Å². The van der Waals surface area contributed by atoms with Crippen molar-refractivity contribution in [3.8, 4) is 12.3 Å². The Morgan fingerprint density at radius 3 is 2.81 bits per heavy atom. The molecule has 2 saturated carbocycles. The highest BCUT2D eigenvalue weighted by molar-refractivity contribution is 5.36. The highest BCUT2D eigenvalue weighted by atomic mass is 16.3. The molecule has 0 amide bonds. The van der Waals surface area contributed by atoms with Gasteiger partial charge in [-0.3, -0.25) is 0 Å². The van der Waals surface area contributed by atoms with Gasteiger partial charge >= 0.3 is 0 Å². The maximum absolute atomic E-state index is 10.9. The van der Waals surface area contributed by atoms with Crippen molar-refractivity contribution in [1.82, 2.24) is 0 Å². The predicted octanol–water partition coefficient (Wildman–Crippen LogP) is 3.91. The van der Waals surface area contributed by atoms with E-state index < -0.39 is 5.60 Å². The topological polar surface area (TPSA) is 20.2 Å². The molecule has 0 heterocycles. The Kier molecular flexibility index (Phi) is 2.79. The molecule has 3 aliphatic rings. The Hall–Kier alpha value is -1.26.